The number of nitrogens with one attached hydrogen (secondary N) is 1. The molecule has 4 heteroatoms. The van der Waals surface area contributed by atoms with Gasteiger partial charge in [0.25, 0.3) is 0 Å². The van der Waals surface area contributed by atoms with Crippen molar-refractivity contribution in [2.45, 2.75) is 20.3 Å². The van der Waals surface area contributed by atoms with E-state index in [-0.39, 0.29) is 5.91 Å². The van der Waals surface area contributed by atoms with Crippen LogP contribution in [0.15, 0.2) is 78.9 Å². The largest absolute Gasteiger partial charge is 0.325 e. The summed E-state index contributed by atoms with van der Waals surface area (Å²) in [5, 5.41) is 4.06. The second-order valence-electron chi connectivity index (χ2n) is 7.01. The number of benzene rings is 3. The third-order valence-electron chi connectivity index (χ3n) is 4.74. The first-order valence-electron chi connectivity index (χ1n) is 9.58. The Bertz CT molecular complexity index is 1130. The number of amides is 1. The third-order valence-corrected chi connectivity index (χ3v) is 5.71. The Morgan fingerprint density at radius 1 is 0.862 bits per heavy atom. The first-order valence-corrected chi connectivity index (χ1v) is 10.4. The van der Waals surface area contributed by atoms with Crippen molar-refractivity contribution in [2.75, 3.05) is 5.32 Å². The van der Waals surface area contributed by atoms with Crippen LogP contribution in [0.4, 0.5) is 5.69 Å². The van der Waals surface area contributed by atoms with Crippen LogP contribution in [0.2, 0.25) is 0 Å². The van der Waals surface area contributed by atoms with Crippen molar-refractivity contribution in [1.29, 1.82) is 0 Å². The standard InChI is InChI=1S/C25H22N2OS/c1-17-12-14-20(15-13-17)25-23(29-18(2)26-25)16-24(28)27-22-11-7-6-10-21(22)19-8-4-3-5-9-19/h3-15H,16H2,1-2H3,(H,27,28). The molecule has 1 amide bonds. The van der Waals surface area contributed by atoms with Crippen molar-refractivity contribution in [2.24, 2.45) is 0 Å². The van der Waals surface area contributed by atoms with Crippen molar-refractivity contribution >= 4 is 22.9 Å². The Morgan fingerprint density at radius 2 is 1.55 bits per heavy atom. The van der Waals surface area contributed by atoms with E-state index >= 15 is 0 Å². The number of thiazole rings is 1. The van der Waals surface area contributed by atoms with Gasteiger partial charge in [0.2, 0.25) is 5.91 Å². The molecule has 0 fully saturated rings. The van der Waals surface area contributed by atoms with Gasteiger partial charge in [0, 0.05) is 21.7 Å². The number of carbonyl (C=O) groups excluding carboxylic acids is 1. The molecule has 3 nitrogen and oxygen atoms in total. The Kier molecular flexibility index (Phi) is 5.54. The van der Waals surface area contributed by atoms with Crippen LogP contribution in [0.1, 0.15) is 15.4 Å². The molecule has 0 bridgehead atoms. The van der Waals surface area contributed by atoms with Crippen LogP contribution in [0.5, 0.6) is 0 Å². The molecule has 4 aromatic rings. The Hall–Kier alpha value is -3.24. The number of aromatic nitrogens is 1. The molecule has 0 aliphatic rings. The molecule has 0 atom stereocenters. The van der Waals surface area contributed by atoms with E-state index in [9.17, 15) is 4.79 Å². The second kappa shape index (κ2) is 8.41. The van der Waals surface area contributed by atoms with Gasteiger partial charge in [-0.15, -0.1) is 11.3 Å². The number of nitrogens with zero attached hydrogens (tertiary/aromatic N) is 1. The minimum atomic E-state index is -0.0367. The summed E-state index contributed by atoms with van der Waals surface area (Å²) in [6, 6.07) is 26.3. The molecule has 0 radical (unpaired) electrons. The molecule has 144 valence electrons. The van der Waals surface area contributed by atoms with Crippen LogP contribution < -0.4 is 5.32 Å². The summed E-state index contributed by atoms with van der Waals surface area (Å²) in [5.41, 5.74) is 6.07. The zero-order valence-corrected chi connectivity index (χ0v) is 17.3. The molecular weight excluding hydrogens is 376 g/mol. The first-order chi connectivity index (χ1) is 14.1. The lowest BCUT2D eigenvalue weighted by atomic mass is 10.0. The van der Waals surface area contributed by atoms with Crippen LogP contribution in [-0.4, -0.2) is 10.9 Å². The van der Waals surface area contributed by atoms with E-state index in [1.54, 1.807) is 11.3 Å². The van der Waals surface area contributed by atoms with Gasteiger partial charge in [-0.3, -0.25) is 4.79 Å². The third kappa shape index (κ3) is 4.44. The van der Waals surface area contributed by atoms with Gasteiger partial charge < -0.3 is 5.32 Å². The smallest absolute Gasteiger partial charge is 0.229 e. The first kappa shape index (κ1) is 19.1. The van der Waals surface area contributed by atoms with Gasteiger partial charge in [-0.05, 0) is 25.5 Å². The molecule has 0 unspecified atom stereocenters. The summed E-state index contributed by atoms with van der Waals surface area (Å²) in [4.78, 5) is 18.5. The van der Waals surface area contributed by atoms with E-state index in [1.807, 2.05) is 61.5 Å². The topological polar surface area (TPSA) is 42.0 Å². The number of carbonyl (C=O) groups is 1. The lowest BCUT2D eigenvalue weighted by Gasteiger charge is -2.11. The van der Waals surface area contributed by atoms with Crippen LogP contribution in [0, 0.1) is 13.8 Å². The minimum absolute atomic E-state index is 0.0367. The summed E-state index contributed by atoms with van der Waals surface area (Å²) >= 11 is 1.58. The van der Waals surface area contributed by atoms with Crippen LogP contribution >= 0.6 is 11.3 Å². The van der Waals surface area contributed by atoms with Gasteiger partial charge in [-0.1, -0.05) is 78.4 Å². The Labute approximate surface area is 175 Å². The van der Waals surface area contributed by atoms with E-state index in [4.69, 9.17) is 0 Å². The summed E-state index contributed by atoms with van der Waals surface area (Å²) in [5.74, 6) is -0.0367. The van der Waals surface area contributed by atoms with E-state index in [1.165, 1.54) is 5.56 Å². The molecular formula is C25H22N2OS. The molecule has 1 heterocycles. The summed E-state index contributed by atoms with van der Waals surface area (Å²) in [6.45, 7) is 4.04. The van der Waals surface area contributed by atoms with Crippen molar-refractivity contribution in [3.63, 3.8) is 0 Å². The Balaban J connectivity index is 1.57. The molecule has 3 aromatic carbocycles. The predicted molar refractivity (Wildman–Crippen MR) is 121 cm³/mol. The van der Waals surface area contributed by atoms with Gasteiger partial charge in [-0.25, -0.2) is 4.98 Å². The predicted octanol–water partition coefficient (Wildman–Crippen LogP) is 6.28. The molecule has 0 aliphatic heterocycles. The fourth-order valence-corrected chi connectivity index (χ4v) is 4.28. The Morgan fingerprint density at radius 3 is 2.31 bits per heavy atom. The number of rotatable bonds is 5. The molecule has 0 saturated heterocycles. The summed E-state index contributed by atoms with van der Waals surface area (Å²) < 4.78 is 0. The maximum absolute atomic E-state index is 12.9. The highest BCUT2D eigenvalue weighted by molar-refractivity contribution is 7.12. The maximum atomic E-state index is 12.9. The lowest BCUT2D eigenvalue weighted by Crippen LogP contribution is -2.14. The van der Waals surface area contributed by atoms with E-state index in [0.717, 1.165) is 38.0 Å². The average Bonchev–Trinajstić information content (AvgIpc) is 3.09. The summed E-state index contributed by atoms with van der Waals surface area (Å²) in [6.07, 6.45) is 0.303. The molecule has 1 N–H and O–H groups in total. The highest BCUT2D eigenvalue weighted by atomic mass is 32.1. The molecule has 1 aromatic heterocycles. The monoisotopic (exact) mass is 398 g/mol. The highest BCUT2D eigenvalue weighted by Crippen LogP contribution is 2.30. The molecule has 4 rings (SSSR count). The quantitative estimate of drug-likeness (QED) is 0.430. The van der Waals surface area contributed by atoms with Crippen molar-refractivity contribution < 1.29 is 4.79 Å². The minimum Gasteiger partial charge on any atom is -0.325 e. The van der Waals surface area contributed by atoms with Gasteiger partial charge in [0.15, 0.2) is 0 Å². The fraction of sp³-hybridized carbons (Fsp3) is 0.120. The van der Waals surface area contributed by atoms with Gasteiger partial charge in [0.05, 0.1) is 17.1 Å². The molecule has 0 saturated carbocycles. The lowest BCUT2D eigenvalue weighted by molar-refractivity contribution is -0.115. The number of para-hydroxylation sites is 1. The van der Waals surface area contributed by atoms with Crippen LogP contribution in [0.3, 0.4) is 0 Å². The van der Waals surface area contributed by atoms with Gasteiger partial charge in [0.1, 0.15) is 0 Å². The van der Waals surface area contributed by atoms with Gasteiger partial charge in [-0.2, -0.15) is 0 Å². The fourth-order valence-electron chi connectivity index (χ4n) is 3.33. The molecule has 0 spiro atoms. The van der Waals surface area contributed by atoms with E-state index < -0.39 is 0 Å². The average molecular weight is 399 g/mol. The number of hydrogen-bond donors (Lipinski definition) is 1. The maximum Gasteiger partial charge on any atom is 0.229 e. The zero-order chi connectivity index (χ0) is 20.2. The van der Waals surface area contributed by atoms with Crippen LogP contribution in [0.25, 0.3) is 22.4 Å². The molecule has 29 heavy (non-hydrogen) atoms. The van der Waals surface area contributed by atoms with E-state index in [2.05, 4.69) is 41.5 Å². The normalized spacial score (nSPS) is 10.7. The van der Waals surface area contributed by atoms with Gasteiger partial charge >= 0.3 is 0 Å². The second-order valence-corrected chi connectivity index (χ2v) is 8.30. The SMILES string of the molecule is Cc1ccc(-c2nc(C)sc2CC(=O)Nc2ccccc2-c2ccccc2)cc1. The zero-order valence-electron chi connectivity index (χ0n) is 16.5. The summed E-state index contributed by atoms with van der Waals surface area (Å²) in [7, 11) is 0. The van der Waals surface area contributed by atoms with Crippen molar-refractivity contribution in [3.8, 4) is 22.4 Å². The number of hydrogen-bond acceptors (Lipinski definition) is 3. The van der Waals surface area contributed by atoms with Crippen LogP contribution in [-0.2, 0) is 11.2 Å². The molecule has 0 aliphatic carbocycles. The van der Waals surface area contributed by atoms with Crippen molar-refractivity contribution in [3.05, 3.63) is 94.3 Å². The highest BCUT2D eigenvalue weighted by Gasteiger charge is 2.16. The van der Waals surface area contributed by atoms with Crippen molar-refractivity contribution in [1.82, 2.24) is 4.98 Å². The number of aryl methyl sites for hydroxylation is 2. The van der Waals surface area contributed by atoms with E-state index in [0.29, 0.717) is 6.42 Å². The number of anilines is 1.